The standard InChI is InChI=1S/C15H25N3O2.BrH/c1-4-12(3)17(5-2)10-11-18(15(16)20)13-6-8-14(19)9-7-13;/h6-9,12,19H,4-5,10-11H2,1-3H3,(H2,16,20);1H. The molecule has 0 radical (unpaired) electrons. The summed E-state index contributed by atoms with van der Waals surface area (Å²) in [6.07, 6.45) is 1.07. The summed E-state index contributed by atoms with van der Waals surface area (Å²) in [7, 11) is 0. The van der Waals surface area contributed by atoms with Crippen LogP contribution in [0.4, 0.5) is 10.5 Å². The minimum Gasteiger partial charge on any atom is -0.508 e. The number of anilines is 1. The number of nitrogens with two attached hydrogens (primary N) is 1. The van der Waals surface area contributed by atoms with Crippen molar-refractivity contribution >= 4 is 28.7 Å². The number of hydrogen-bond donors (Lipinski definition) is 2. The highest BCUT2D eigenvalue weighted by atomic mass is 79.9. The lowest BCUT2D eigenvalue weighted by Crippen LogP contribution is -2.43. The fourth-order valence-corrected chi connectivity index (χ4v) is 2.18. The van der Waals surface area contributed by atoms with E-state index in [1.807, 2.05) is 0 Å². The lowest BCUT2D eigenvalue weighted by Gasteiger charge is -2.30. The fraction of sp³-hybridized carbons (Fsp3) is 0.533. The summed E-state index contributed by atoms with van der Waals surface area (Å²) in [5.41, 5.74) is 6.15. The average Bonchev–Trinajstić information content (AvgIpc) is 2.44. The van der Waals surface area contributed by atoms with Crippen molar-refractivity contribution in [3.8, 4) is 5.75 Å². The van der Waals surface area contributed by atoms with Crippen LogP contribution in [-0.4, -0.2) is 41.7 Å². The third-order valence-corrected chi connectivity index (χ3v) is 3.66. The monoisotopic (exact) mass is 359 g/mol. The predicted octanol–water partition coefficient (Wildman–Crippen LogP) is 2.98. The third kappa shape index (κ3) is 5.93. The van der Waals surface area contributed by atoms with Crippen LogP contribution in [0.15, 0.2) is 24.3 Å². The van der Waals surface area contributed by atoms with E-state index in [1.54, 1.807) is 24.3 Å². The quantitative estimate of drug-likeness (QED) is 0.785. The van der Waals surface area contributed by atoms with Crippen LogP contribution in [-0.2, 0) is 0 Å². The van der Waals surface area contributed by atoms with Gasteiger partial charge in [-0.25, -0.2) is 4.79 Å². The molecule has 0 aliphatic heterocycles. The normalized spacial score (nSPS) is 11.8. The molecule has 0 aromatic heterocycles. The van der Waals surface area contributed by atoms with Crippen molar-refractivity contribution in [2.75, 3.05) is 24.5 Å². The van der Waals surface area contributed by atoms with Gasteiger partial charge in [0, 0.05) is 24.8 Å². The number of phenolic OH excluding ortho intramolecular Hbond substituents is 1. The van der Waals surface area contributed by atoms with Crippen molar-refractivity contribution < 1.29 is 9.90 Å². The zero-order valence-corrected chi connectivity index (χ0v) is 14.7. The number of primary amides is 1. The lowest BCUT2D eigenvalue weighted by atomic mass is 10.2. The van der Waals surface area contributed by atoms with Crippen LogP contribution in [0.3, 0.4) is 0 Å². The average molecular weight is 360 g/mol. The Morgan fingerprint density at radius 2 is 1.81 bits per heavy atom. The minimum atomic E-state index is -0.476. The molecular formula is C15H26BrN3O2. The van der Waals surface area contributed by atoms with E-state index in [4.69, 9.17) is 5.73 Å². The molecule has 2 amide bonds. The van der Waals surface area contributed by atoms with Gasteiger partial charge < -0.3 is 10.8 Å². The summed E-state index contributed by atoms with van der Waals surface area (Å²) in [4.78, 5) is 15.4. The van der Waals surface area contributed by atoms with Gasteiger partial charge in [-0.1, -0.05) is 13.8 Å². The molecule has 1 aromatic rings. The molecule has 0 aliphatic carbocycles. The topological polar surface area (TPSA) is 69.8 Å². The first-order valence-electron chi connectivity index (χ1n) is 7.09. The van der Waals surface area contributed by atoms with Crippen molar-refractivity contribution in [3.05, 3.63) is 24.3 Å². The fourth-order valence-electron chi connectivity index (χ4n) is 2.18. The molecule has 0 fully saturated rings. The predicted molar refractivity (Wildman–Crippen MR) is 92.4 cm³/mol. The first-order chi connectivity index (χ1) is 9.49. The summed E-state index contributed by atoms with van der Waals surface area (Å²) >= 11 is 0. The van der Waals surface area contributed by atoms with Crippen molar-refractivity contribution in [1.29, 1.82) is 0 Å². The molecule has 1 rings (SSSR count). The summed E-state index contributed by atoms with van der Waals surface area (Å²) in [5.74, 6) is 0.174. The van der Waals surface area contributed by atoms with Crippen LogP contribution in [0.1, 0.15) is 27.2 Å². The van der Waals surface area contributed by atoms with E-state index in [0.29, 0.717) is 18.3 Å². The van der Waals surface area contributed by atoms with E-state index in [1.165, 1.54) is 4.90 Å². The summed E-state index contributed by atoms with van der Waals surface area (Å²) < 4.78 is 0. The number of rotatable bonds is 7. The number of aromatic hydroxyl groups is 1. The molecule has 0 aliphatic rings. The number of nitrogens with zero attached hydrogens (tertiary/aromatic N) is 2. The molecule has 0 saturated heterocycles. The van der Waals surface area contributed by atoms with Crippen molar-refractivity contribution in [2.24, 2.45) is 5.73 Å². The van der Waals surface area contributed by atoms with Gasteiger partial charge >= 0.3 is 6.03 Å². The Labute approximate surface area is 137 Å². The van der Waals surface area contributed by atoms with Crippen LogP contribution in [0.5, 0.6) is 5.75 Å². The van der Waals surface area contributed by atoms with E-state index < -0.39 is 6.03 Å². The zero-order chi connectivity index (χ0) is 15.1. The summed E-state index contributed by atoms with van der Waals surface area (Å²) in [5, 5.41) is 9.30. The van der Waals surface area contributed by atoms with Crippen LogP contribution in [0, 0.1) is 0 Å². The largest absolute Gasteiger partial charge is 0.508 e. The van der Waals surface area contributed by atoms with Gasteiger partial charge in [0.1, 0.15) is 5.75 Å². The molecule has 1 aromatic carbocycles. The van der Waals surface area contributed by atoms with Gasteiger partial charge in [-0.3, -0.25) is 9.80 Å². The van der Waals surface area contributed by atoms with E-state index >= 15 is 0 Å². The molecule has 3 N–H and O–H groups in total. The van der Waals surface area contributed by atoms with Gasteiger partial charge in [-0.2, -0.15) is 0 Å². The Bertz CT molecular complexity index is 425. The summed E-state index contributed by atoms with van der Waals surface area (Å²) in [6, 6.07) is 6.50. The van der Waals surface area contributed by atoms with E-state index in [9.17, 15) is 9.90 Å². The number of hydrogen-bond acceptors (Lipinski definition) is 3. The van der Waals surface area contributed by atoms with Gasteiger partial charge in [0.15, 0.2) is 0 Å². The maximum Gasteiger partial charge on any atom is 0.319 e. The molecule has 6 heteroatoms. The maximum atomic E-state index is 11.6. The van der Waals surface area contributed by atoms with Crippen LogP contribution in [0.25, 0.3) is 0 Å². The number of likely N-dealkylation sites (N-methyl/N-ethyl adjacent to an activating group) is 1. The van der Waals surface area contributed by atoms with E-state index in [-0.39, 0.29) is 22.7 Å². The van der Waals surface area contributed by atoms with Gasteiger partial charge in [0.2, 0.25) is 0 Å². The molecule has 0 heterocycles. The second-order valence-corrected chi connectivity index (χ2v) is 4.89. The molecule has 120 valence electrons. The lowest BCUT2D eigenvalue weighted by molar-refractivity contribution is 0.217. The third-order valence-electron chi connectivity index (χ3n) is 3.66. The number of carbonyl (C=O) groups is 1. The van der Waals surface area contributed by atoms with Crippen LogP contribution in [0.2, 0.25) is 0 Å². The van der Waals surface area contributed by atoms with Crippen molar-refractivity contribution in [2.45, 2.75) is 33.2 Å². The maximum absolute atomic E-state index is 11.6. The second kappa shape index (κ2) is 9.63. The molecule has 0 spiro atoms. The molecule has 0 bridgehead atoms. The molecule has 1 unspecified atom stereocenters. The van der Waals surface area contributed by atoms with Crippen molar-refractivity contribution in [3.63, 3.8) is 0 Å². The summed E-state index contributed by atoms with van der Waals surface area (Å²) in [6.45, 7) is 8.70. The molecular weight excluding hydrogens is 334 g/mol. The Morgan fingerprint density at radius 1 is 1.24 bits per heavy atom. The Morgan fingerprint density at radius 3 is 2.24 bits per heavy atom. The SMILES string of the molecule is Br.CCC(C)N(CC)CCN(C(N)=O)c1ccc(O)cc1. The highest BCUT2D eigenvalue weighted by Gasteiger charge is 2.16. The zero-order valence-electron chi connectivity index (χ0n) is 13.0. The number of amides is 2. The molecule has 1 atom stereocenters. The van der Waals surface area contributed by atoms with E-state index in [0.717, 1.165) is 19.5 Å². The number of halogens is 1. The Hall–Kier alpha value is -1.27. The number of carbonyl (C=O) groups excluding carboxylic acids is 1. The van der Waals surface area contributed by atoms with Crippen molar-refractivity contribution in [1.82, 2.24) is 4.90 Å². The highest BCUT2D eigenvalue weighted by Crippen LogP contribution is 2.18. The van der Waals surface area contributed by atoms with Crippen LogP contribution < -0.4 is 10.6 Å². The van der Waals surface area contributed by atoms with E-state index in [2.05, 4.69) is 25.7 Å². The smallest absolute Gasteiger partial charge is 0.319 e. The number of urea groups is 1. The Kier molecular flexibility index (Phi) is 9.05. The number of benzene rings is 1. The first-order valence-corrected chi connectivity index (χ1v) is 7.09. The second-order valence-electron chi connectivity index (χ2n) is 4.89. The molecule has 0 saturated carbocycles. The molecule has 21 heavy (non-hydrogen) atoms. The minimum absolute atomic E-state index is 0. The Balaban J connectivity index is 0.00000400. The molecule has 5 nitrogen and oxygen atoms in total. The van der Waals surface area contributed by atoms with Gasteiger partial charge in [-0.15, -0.1) is 17.0 Å². The van der Waals surface area contributed by atoms with Crippen LogP contribution >= 0.6 is 17.0 Å². The number of phenols is 1. The highest BCUT2D eigenvalue weighted by molar-refractivity contribution is 8.93. The first kappa shape index (κ1) is 19.7. The van der Waals surface area contributed by atoms with Gasteiger partial charge in [-0.05, 0) is 44.2 Å². The van der Waals surface area contributed by atoms with Gasteiger partial charge in [0.25, 0.3) is 0 Å². The van der Waals surface area contributed by atoms with Gasteiger partial charge in [0.05, 0.1) is 0 Å².